The summed E-state index contributed by atoms with van der Waals surface area (Å²) in [7, 11) is 0. The molecule has 16 heavy (non-hydrogen) atoms. The van der Waals surface area contributed by atoms with Crippen molar-refractivity contribution >= 4 is 0 Å². The fourth-order valence-electron chi connectivity index (χ4n) is 2.42. The van der Waals surface area contributed by atoms with Crippen LogP contribution in [0.3, 0.4) is 0 Å². The molecule has 0 aliphatic heterocycles. The molecule has 0 atom stereocenters. The minimum absolute atomic E-state index is 0.168. The highest BCUT2D eigenvalue weighted by molar-refractivity contribution is 5.11. The summed E-state index contributed by atoms with van der Waals surface area (Å²) < 4.78 is 0. The van der Waals surface area contributed by atoms with Crippen molar-refractivity contribution in [2.45, 2.75) is 67.2 Å². The van der Waals surface area contributed by atoms with Gasteiger partial charge >= 0.3 is 0 Å². The van der Waals surface area contributed by atoms with Crippen LogP contribution < -0.4 is 0 Å². The van der Waals surface area contributed by atoms with E-state index in [2.05, 4.69) is 53.4 Å². The van der Waals surface area contributed by atoms with Crippen LogP contribution in [-0.4, -0.2) is 0 Å². The van der Waals surface area contributed by atoms with Crippen molar-refractivity contribution in [2.75, 3.05) is 0 Å². The van der Waals surface area contributed by atoms with Gasteiger partial charge in [0.15, 0.2) is 0 Å². The van der Waals surface area contributed by atoms with E-state index in [1.165, 1.54) is 25.7 Å². The molecule has 1 aliphatic rings. The van der Waals surface area contributed by atoms with Gasteiger partial charge in [-0.15, -0.1) is 0 Å². The molecule has 92 valence electrons. The average Bonchev–Trinajstić information content (AvgIpc) is 2.13. The maximum atomic E-state index is 3.48. The van der Waals surface area contributed by atoms with E-state index in [-0.39, 0.29) is 5.41 Å². The molecule has 1 rings (SSSR count). The van der Waals surface area contributed by atoms with Gasteiger partial charge in [0.05, 0.1) is 0 Å². The van der Waals surface area contributed by atoms with E-state index < -0.39 is 0 Å². The van der Waals surface area contributed by atoms with Crippen LogP contribution in [0, 0.1) is 34.5 Å². The van der Waals surface area contributed by atoms with E-state index in [1.807, 2.05) is 0 Å². The van der Waals surface area contributed by atoms with Crippen molar-refractivity contribution in [1.82, 2.24) is 0 Å². The van der Waals surface area contributed by atoms with E-state index >= 15 is 0 Å². The predicted molar refractivity (Wildman–Crippen MR) is 72.1 cm³/mol. The second-order valence-corrected chi connectivity index (χ2v) is 7.43. The van der Waals surface area contributed by atoms with Crippen LogP contribution in [0.15, 0.2) is 0 Å². The van der Waals surface area contributed by atoms with Gasteiger partial charge in [0, 0.05) is 11.3 Å². The van der Waals surface area contributed by atoms with E-state index in [4.69, 9.17) is 0 Å². The molecule has 1 saturated carbocycles. The van der Waals surface area contributed by atoms with Crippen LogP contribution in [0.4, 0.5) is 0 Å². The summed E-state index contributed by atoms with van der Waals surface area (Å²) in [5.41, 5.74) is 0.656. The third-order valence-electron chi connectivity index (χ3n) is 3.60. The van der Waals surface area contributed by atoms with Crippen molar-refractivity contribution in [3.05, 3.63) is 0 Å². The molecule has 0 aromatic carbocycles. The second kappa shape index (κ2) is 4.82. The Balaban J connectivity index is 2.46. The fourth-order valence-corrected chi connectivity index (χ4v) is 2.42. The van der Waals surface area contributed by atoms with Crippen molar-refractivity contribution in [1.29, 1.82) is 0 Å². The minimum Gasteiger partial charge on any atom is -0.0994 e. The number of hydrogen-bond donors (Lipinski definition) is 0. The zero-order valence-corrected chi connectivity index (χ0v) is 12.0. The maximum absolute atomic E-state index is 3.48. The van der Waals surface area contributed by atoms with E-state index in [9.17, 15) is 0 Å². The maximum Gasteiger partial charge on any atom is 0.0230 e. The Kier molecular flexibility index (Phi) is 4.11. The zero-order chi connectivity index (χ0) is 12.4. The van der Waals surface area contributed by atoms with Gasteiger partial charge in [0.2, 0.25) is 0 Å². The summed E-state index contributed by atoms with van der Waals surface area (Å²) in [6.45, 7) is 13.7. The largest absolute Gasteiger partial charge is 0.0994 e. The summed E-state index contributed by atoms with van der Waals surface area (Å²) in [5.74, 6) is 8.45. The van der Waals surface area contributed by atoms with Gasteiger partial charge < -0.3 is 0 Å². The Morgan fingerprint density at radius 3 is 1.69 bits per heavy atom. The molecule has 0 amide bonds. The molecule has 0 nitrogen and oxygen atoms in total. The molecule has 0 heteroatoms. The van der Waals surface area contributed by atoms with Crippen LogP contribution in [0.1, 0.15) is 67.2 Å². The standard InChI is InChI=1S/C16H28/c1-15(2,3)12-11-13-7-9-14(10-8-13)16(4,5)6/h13-14H,7-10H2,1-6H3. The summed E-state index contributed by atoms with van der Waals surface area (Å²) in [4.78, 5) is 0. The quantitative estimate of drug-likeness (QED) is 0.510. The fraction of sp³-hybridized carbons (Fsp3) is 0.875. The predicted octanol–water partition coefficient (Wildman–Crippen LogP) is 4.89. The Hall–Kier alpha value is -0.440. The third kappa shape index (κ3) is 4.60. The van der Waals surface area contributed by atoms with Gasteiger partial charge in [0.25, 0.3) is 0 Å². The average molecular weight is 220 g/mol. The first-order chi connectivity index (χ1) is 7.18. The van der Waals surface area contributed by atoms with Gasteiger partial charge in [-0.1, -0.05) is 32.6 Å². The van der Waals surface area contributed by atoms with E-state index in [0.717, 1.165) is 5.92 Å². The van der Waals surface area contributed by atoms with Gasteiger partial charge in [-0.25, -0.2) is 0 Å². The molecule has 1 fully saturated rings. The van der Waals surface area contributed by atoms with Crippen LogP contribution in [-0.2, 0) is 0 Å². The molecule has 1 aliphatic carbocycles. The van der Waals surface area contributed by atoms with Crippen molar-refractivity contribution in [3.8, 4) is 11.8 Å². The molecule has 0 spiro atoms. The first-order valence-electron chi connectivity index (χ1n) is 6.71. The lowest BCUT2D eigenvalue weighted by molar-refractivity contribution is 0.165. The first kappa shape index (κ1) is 13.6. The monoisotopic (exact) mass is 220 g/mol. The molecule has 0 aromatic heterocycles. The molecule has 0 heterocycles. The zero-order valence-electron chi connectivity index (χ0n) is 12.0. The topological polar surface area (TPSA) is 0 Å². The Bertz CT molecular complexity index is 266. The lowest BCUT2D eigenvalue weighted by Crippen LogP contribution is -2.25. The summed E-state index contributed by atoms with van der Waals surface area (Å²) in [5, 5.41) is 0. The van der Waals surface area contributed by atoms with Gasteiger partial charge in [-0.05, 0) is 57.8 Å². The second-order valence-electron chi connectivity index (χ2n) is 7.43. The van der Waals surface area contributed by atoms with Crippen LogP contribution in [0.5, 0.6) is 0 Å². The lowest BCUT2D eigenvalue weighted by atomic mass is 9.70. The first-order valence-corrected chi connectivity index (χ1v) is 6.71. The van der Waals surface area contributed by atoms with Gasteiger partial charge in [-0.3, -0.25) is 0 Å². The molecular formula is C16H28. The summed E-state index contributed by atoms with van der Waals surface area (Å²) in [6.07, 6.45) is 5.36. The smallest absolute Gasteiger partial charge is 0.0230 e. The highest BCUT2D eigenvalue weighted by Crippen LogP contribution is 2.39. The Morgan fingerprint density at radius 1 is 0.812 bits per heavy atom. The molecule has 0 bridgehead atoms. The molecule has 0 unspecified atom stereocenters. The van der Waals surface area contributed by atoms with Gasteiger partial charge in [-0.2, -0.15) is 0 Å². The highest BCUT2D eigenvalue weighted by Gasteiger charge is 2.28. The van der Waals surface area contributed by atoms with E-state index in [0.29, 0.717) is 11.3 Å². The summed E-state index contributed by atoms with van der Waals surface area (Å²) >= 11 is 0. The lowest BCUT2D eigenvalue weighted by Gasteiger charge is -2.35. The molecular weight excluding hydrogens is 192 g/mol. The van der Waals surface area contributed by atoms with Crippen LogP contribution in [0.2, 0.25) is 0 Å². The molecule has 0 aromatic rings. The molecule has 0 radical (unpaired) electrons. The summed E-state index contributed by atoms with van der Waals surface area (Å²) in [6, 6.07) is 0. The SMILES string of the molecule is CC(C)(C)C#CC1CCC(C(C)(C)C)CC1. The van der Waals surface area contributed by atoms with Gasteiger partial charge in [0.1, 0.15) is 0 Å². The third-order valence-corrected chi connectivity index (χ3v) is 3.60. The normalized spacial score (nSPS) is 27.1. The van der Waals surface area contributed by atoms with Crippen LogP contribution >= 0.6 is 0 Å². The van der Waals surface area contributed by atoms with Crippen molar-refractivity contribution < 1.29 is 0 Å². The van der Waals surface area contributed by atoms with Crippen LogP contribution in [0.25, 0.3) is 0 Å². The molecule has 0 saturated heterocycles. The Labute approximate surface area is 102 Å². The molecule has 0 N–H and O–H groups in total. The number of hydrogen-bond acceptors (Lipinski definition) is 0. The van der Waals surface area contributed by atoms with E-state index in [1.54, 1.807) is 0 Å². The van der Waals surface area contributed by atoms with Crippen molar-refractivity contribution in [3.63, 3.8) is 0 Å². The number of rotatable bonds is 0. The highest BCUT2D eigenvalue weighted by atomic mass is 14.3. The van der Waals surface area contributed by atoms with Crippen molar-refractivity contribution in [2.24, 2.45) is 22.7 Å². The minimum atomic E-state index is 0.168. The Morgan fingerprint density at radius 2 is 1.31 bits per heavy atom.